The van der Waals surface area contributed by atoms with Gasteiger partial charge in [-0.3, -0.25) is 0 Å². The molecule has 5 aliphatic rings. The van der Waals surface area contributed by atoms with Crippen LogP contribution in [-0.4, -0.2) is 11.4 Å². The summed E-state index contributed by atoms with van der Waals surface area (Å²) in [4.78, 5) is 2.86. The van der Waals surface area contributed by atoms with E-state index < -0.39 is 0 Å². The number of hydrogen-bond donors (Lipinski definition) is 0. The number of fused-ring (bicyclic) bond motifs is 13. The highest BCUT2D eigenvalue weighted by Crippen LogP contribution is 2.56. The van der Waals surface area contributed by atoms with Crippen molar-refractivity contribution in [3.05, 3.63) is 149 Å². The van der Waals surface area contributed by atoms with Gasteiger partial charge in [-0.25, -0.2) is 0 Å². The van der Waals surface area contributed by atoms with E-state index in [-0.39, 0.29) is 39.3 Å². The van der Waals surface area contributed by atoms with E-state index in [2.05, 4.69) is 208 Å². The number of hydrogen-bond acceptors (Lipinski definition) is 1. The minimum Gasteiger partial charge on any atom is -0.376 e. The first kappa shape index (κ1) is 41.6. The molecule has 336 valence electrons. The predicted molar refractivity (Wildman–Crippen MR) is 289 cm³/mol. The van der Waals surface area contributed by atoms with Crippen LogP contribution in [0.5, 0.6) is 0 Å². The van der Waals surface area contributed by atoms with Gasteiger partial charge >= 0.3 is 6.85 Å². The molecular weight excluding hydrogens is 808 g/mol. The molecule has 2 nitrogen and oxygen atoms in total. The lowest BCUT2D eigenvalue weighted by Gasteiger charge is -2.48. The van der Waals surface area contributed by atoms with Gasteiger partial charge in [0.05, 0.1) is 11.0 Å². The van der Waals surface area contributed by atoms with Gasteiger partial charge in [-0.1, -0.05) is 156 Å². The molecule has 0 unspecified atom stereocenters. The van der Waals surface area contributed by atoms with Gasteiger partial charge in [0.15, 0.2) is 0 Å². The number of nitrogens with zero attached hydrogens (tertiary/aromatic N) is 2. The SMILES string of the molecule is CC1(C)CCC(C)(C)c2cc(N3B4c5cc6c(cc5-n5c7ccc8ccccc8c7c7c(-c8ccccc8)cc(c4c75)-c4cc5c(cc43)C(C)(C)CCC5(C)C)C(C)(C)CCC6(C)C)ccc21. The molecule has 0 N–H and O–H groups in total. The lowest BCUT2D eigenvalue weighted by atomic mass is 9.43. The molecule has 1 aromatic heterocycles. The zero-order chi connectivity index (χ0) is 46.5. The van der Waals surface area contributed by atoms with E-state index in [1.54, 1.807) is 0 Å². The van der Waals surface area contributed by atoms with Gasteiger partial charge < -0.3 is 9.38 Å². The number of aromatic nitrogens is 1. The molecule has 13 rings (SSSR count). The summed E-state index contributed by atoms with van der Waals surface area (Å²) < 4.78 is 2.75. The van der Waals surface area contributed by atoms with Crippen LogP contribution in [0.2, 0.25) is 0 Å². The molecule has 0 atom stereocenters. The van der Waals surface area contributed by atoms with E-state index in [9.17, 15) is 0 Å². The Morgan fingerprint density at radius 2 is 0.955 bits per heavy atom. The van der Waals surface area contributed by atoms with Crippen molar-refractivity contribution in [2.24, 2.45) is 0 Å². The van der Waals surface area contributed by atoms with Crippen LogP contribution in [0.25, 0.3) is 60.5 Å². The van der Waals surface area contributed by atoms with Crippen LogP contribution in [-0.2, 0) is 32.5 Å². The highest BCUT2D eigenvalue weighted by Gasteiger charge is 2.49. The quantitative estimate of drug-likeness (QED) is 0.157. The molecular formula is C64H67BN2. The Morgan fingerprint density at radius 1 is 0.418 bits per heavy atom. The zero-order valence-electron chi connectivity index (χ0n) is 42.2. The first-order valence-electron chi connectivity index (χ1n) is 25.6. The Kier molecular flexibility index (Phi) is 8.18. The topological polar surface area (TPSA) is 8.17 Å². The molecule has 7 aromatic carbocycles. The molecule has 3 aliphatic carbocycles. The molecule has 0 bridgehead atoms. The van der Waals surface area contributed by atoms with E-state index in [0.717, 1.165) is 0 Å². The summed E-state index contributed by atoms with van der Waals surface area (Å²) in [6.07, 6.45) is 7.12. The van der Waals surface area contributed by atoms with Crippen LogP contribution in [0.4, 0.5) is 11.4 Å². The average Bonchev–Trinajstić information content (AvgIpc) is 3.66. The second-order valence-corrected chi connectivity index (χ2v) is 25.7. The van der Waals surface area contributed by atoms with Crippen LogP contribution in [0.3, 0.4) is 0 Å². The lowest BCUT2D eigenvalue weighted by molar-refractivity contribution is 0.332. The molecule has 8 aromatic rings. The average molecular weight is 875 g/mol. The van der Waals surface area contributed by atoms with Crippen LogP contribution in [0, 0.1) is 0 Å². The zero-order valence-corrected chi connectivity index (χ0v) is 42.2. The van der Waals surface area contributed by atoms with Crippen LogP contribution in [0.15, 0.2) is 115 Å². The second-order valence-electron chi connectivity index (χ2n) is 25.7. The van der Waals surface area contributed by atoms with Gasteiger partial charge in [-0.05, 0) is 185 Å². The third-order valence-electron chi connectivity index (χ3n) is 18.7. The van der Waals surface area contributed by atoms with E-state index in [1.807, 2.05) is 0 Å². The molecule has 0 radical (unpaired) electrons. The number of benzene rings is 7. The molecule has 3 heterocycles. The standard InChI is InChI=1S/C64H67BN2/c1-59(2)26-27-60(3,4)46-32-40(23-24-45(46)59)67-53-36-49-47(61(5,6)28-30-63(49,9)10)34-43(53)44-33-42(38-18-14-13-15-19-38)56-55-41-21-17-16-20-39(41)22-25-52(55)66-54-37-50-48(62(7,8)29-31-64(50,11)12)35-51(54)65(67)57(44)58(56)66/h13-25,32-37H,26-31H2,1-12H3. The molecule has 0 saturated carbocycles. The maximum absolute atomic E-state index is 2.86. The summed E-state index contributed by atoms with van der Waals surface area (Å²) >= 11 is 0. The van der Waals surface area contributed by atoms with Crippen molar-refractivity contribution in [2.75, 3.05) is 4.81 Å². The van der Waals surface area contributed by atoms with Crippen molar-refractivity contribution in [1.82, 2.24) is 4.57 Å². The fourth-order valence-electron chi connectivity index (χ4n) is 14.2. The van der Waals surface area contributed by atoms with E-state index >= 15 is 0 Å². The fraction of sp³-hybridized carbons (Fsp3) is 0.375. The Labute approximate surface area is 399 Å². The van der Waals surface area contributed by atoms with Crippen LogP contribution in [0.1, 0.15) is 155 Å². The molecule has 0 saturated heterocycles. The largest absolute Gasteiger partial charge is 0.376 e. The Morgan fingerprint density at radius 3 is 1.60 bits per heavy atom. The van der Waals surface area contributed by atoms with Crippen molar-refractivity contribution >= 4 is 61.7 Å². The van der Waals surface area contributed by atoms with Crippen molar-refractivity contribution < 1.29 is 0 Å². The van der Waals surface area contributed by atoms with Gasteiger partial charge in [0.2, 0.25) is 0 Å². The maximum atomic E-state index is 2.86. The number of anilines is 2. The molecule has 67 heavy (non-hydrogen) atoms. The Balaban J connectivity index is 1.27. The summed E-state index contributed by atoms with van der Waals surface area (Å²) in [7, 11) is 0. The summed E-state index contributed by atoms with van der Waals surface area (Å²) in [6, 6.07) is 46.4. The molecule has 0 fully saturated rings. The smallest absolute Gasteiger partial charge is 0.333 e. The van der Waals surface area contributed by atoms with Gasteiger partial charge in [0.1, 0.15) is 0 Å². The third kappa shape index (κ3) is 5.58. The molecule has 3 heteroatoms. The van der Waals surface area contributed by atoms with Gasteiger partial charge in [0.25, 0.3) is 0 Å². The normalized spacial score (nSPS) is 20.5. The molecule has 2 aliphatic heterocycles. The van der Waals surface area contributed by atoms with Crippen molar-refractivity contribution in [1.29, 1.82) is 0 Å². The first-order valence-corrected chi connectivity index (χ1v) is 25.6. The Bertz CT molecular complexity index is 3480. The van der Waals surface area contributed by atoms with Gasteiger partial charge in [-0.15, -0.1) is 0 Å². The van der Waals surface area contributed by atoms with Crippen LogP contribution >= 0.6 is 0 Å². The van der Waals surface area contributed by atoms with E-state index in [1.165, 1.54) is 155 Å². The van der Waals surface area contributed by atoms with Gasteiger partial charge in [-0.2, -0.15) is 0 Å². The molecule has 0 amide bonds. The van der Waals surface area contributed by atoms with E-state index in [0.29, 0.717) is 0 Å². The third-order valence-corrected chi connectivity index (χ3v) is 18.7. The maximum Gasteiger partial charge on any atom is 0.333 e. The summed E-state index contributed by atoms with van der Waals surface area (Å²) in [5.74, 6) is 0. The summed E-state index contributed by atoms with van der Waals surface area (Å²) in [5.41, 5.74) is 24.5. The van der Waals surface area contributed by atoms with Gasteiger partial charge in [0, 0.05) is 33.4 Å². The summed E-state index contributed by atoms with van der Waals surface area (Å²) in [5, 5.41) is 5.35. The predicted octanol–water partition coefficient (Wildman–Crippen LogP) is 15.9. The first-order chi connectivity index (χ1) is 31.7. The minimum absolute atomic E-state index is 0.0467. The minimum atomic E-state index is -0.0467. The second kappa shape index (κ2) is 13.2. The van der Waals surface area contributed by atoms with Crippen LogP contribution < -0.4 is 15.7 Å². The van der Waals surface area contributed by atoms with Crippen molar-refractivity contribution in [2.45, 2.75) is 154 Å². The molecule has 0 spiro atoms. The highest BCUT2D eigenvalue weighted by molar-refractivity contribution is 6.94. The lowest BCUT2D eigenvalue weighted by Crippen LogP contribution is -2.61. The monoisotopic (exact) mass is 875 g/mol. The Hall–Kier alpha value is -5.54. The van der Waals surface area contributed by atoms with Crippen molar-refractivity contribution in [3.63, 3.8) is 0 Å². The number of rotatable bonds is 2. The van der Waals surface area contributed by atoms with E-state index in [4.69, 9.17) is 0 Å². The fourth-order valence-corrected chi connectivity index (χ4v) is 14.2. The van der Waals surface area contributed by atoms with Crippen molar-refractivity contribution in [3.8, 4) is 27.9 Å². The summed E-state index contributed by atoms with van der Waals surface area (Å²) in [6.45, 7) is 29.9. The highest BCUT2D eigenvalue weighted by atomic mass is 15.1.